The van der Waals surface area contributed by atoms with Gasteiger partial charge in [0.25, 0.3) is 0 Å². The molecule has 1 rings (SSSR count). The van der Waals surface area contributed by atoms with Crippen molar-refractivity contribution in [2.45, 2.75) is 27.7 Å². The molecule has 0 aromatic rings. The second-order valence-electron chi connectivity index (χ2n) is 3.37. The van der Waals surface area contributed by atoms with E-state index < -0.39 is 0 Å². The molecule has 2 heteroatoms. The van der Waals surface area contributed by atoms with Crippen molar-refractivity contribution in [1.29, 1.82) is 0 Å². The Kier molecular flexibility index (Phi) is 3.29. The highest BCUT2D eigenvalue weighted by Gasteiger charge is 2.11. The van der Waals surface area contributed by atoms with Gasteiger partial charge in [-0.15, -0.1) is 0 Å². The average molecular weight is 179 g/mol. The Balaban J connectivity index is 2.90. The van der Waals surface area contributed by atoms with Crippen molar-refractivity contribution in [3.63, 3.8) is 0 Å². The molecule has 1 aliphatic rings. The van der Waals surface area contributed by atoms with Crippen LogP contribution < -0.4 is 0 Å². The van der Waals surface area contributed by atoms with Gasteiger partial charge in [-0.1, -0.05) is 18.6 Å². The zero-order valence-corrected chi connectivity index (χ0v) is 8.79. The first-order valence-corrected chi connectivity index (χ1v) is 4.71. The fourth-order valence-electron chi connectivity index (χ4n) is 1.46. The Morgan fingerprint density at radius 1 is 1.46 bits per heavy atom. The van der Waals surface area contributed by atoms with Gasteiger partial charge >= 0.3 is 0 Å². The van der Waals surface area contributed by atoms with Gasteiger partial charge in [-0.3, -0.25) is 0 Å². The number of hydrogen-bond donors (Lipinski definition) is 0. The lowest BCUT2D eigenvalue weighted by atomic mass is 10.1. The molecule has 0 radical (unpaired) electrons. The van der Waals surface area contributed by atoms with Gasteiger partial charge in [0.1, 0.15) is 0 Å². The molecule has 1 heterocycles. The summed E-state index contributed by atoms with van der Waals surface area (Å²) >= 11 is 0. The minimum atomic E-state index is 0.286. The molecular formula is C11H17NO. The van der Waals surface area contributed by atoms with Gasteiger partial charge in [0.15, 0.2) is 5.90 Å². The van der Waals surface area contributed by atoms with E-state index in [2.05, 4.69) is 31.0 Å². The average Bonchev–Trinajstić information content (AvgIpc) is 2.12. The fraction of sp³-hybridized carbons (Fsp3) is 0.545. The number of nitrogens with zero attached hydrogens (tertiary/aromatic N) is 1. The van der Waals surface area contributed by atoms with Crippen molar-refractivity contribution in [2.75, 3.05) is 6.61 Å². The quantitative estimate of drug-likeness (QED) is 0.606. The highest BCUT2D eigenvalue weighted by Crippen LogP contribution is 2.15. The predicted octanol–water partition coefficient (Wildman–Crippen LogP) is 2.92. The summed E-state index contributed by atoms with van der Waals surface area (Å²) in [7, 11) is 0. The summed E-state index contributed by atoms with van der Waals surface area (Å²) in [5, 5.41) is 0. The van der Waals surface area contributed by atoms with Crippen LogP contribution in [0.15, 0.2) is 28.4 Å². The number of aliphatic imine (C=N–C) groups is 1. The van der Waals surface area contributed by atoms with E-state index >= 15 is 0 Å². The van der Waals surface area contributed by atoms with Crippen LogP contribution in [-0.4, -0.2) is 12.5 Å². The van der Waals surface area contributed by atoms with E-state index in [1.807, 2.05) is 13.8 Å². The molecular weight excluding hydrogens is 162 g/mol. The third kappa shape index (κ3) is 2.72. The summed E-state index contributed by atoms with van der Waals surface area (Å²) in [5.41, 5.74) is 2.27. The van der Waals surface area contributed by atoms with Gasteiger partial charge in [-0.05, 0) is 26.8 Å². The van der Waals surface area contributed by atoms with Crippen LogP contribution in [0.5, 0.6) is 0 Å². The molecule has 1 atom stereocenters. The largest absolute Gasteiger partial charge is 0.481 e. The molecule has 1 aliphatic heterocycles. The summed E-state index contributed by atoms with van der Waals surface area (Å²) in [6, 6.07) is 0. The molecule has 0 amide bonds. The first-order valence-electron chi connectivity index (χ1n) is 4.71. The topological polar surface area (TPSA) is 21.6 Å². The van der Waals surface area contributed by atoms with Crippen LogP contribution in [0.3, 0.4) is 0 Å². The third-order valence-electron chi connectivity index (χ3n) is 1.92. The van der Waals surface area contributed by atoms with Gasteiger partial charge < -0.3 is 4.74 Å². The highest BCUT2D eigenvalue weighted by atomic mass is 16.5. The lowest BCUT2D eigenvalue weighted by Crippen LogP contribution is -2.13. The van der Waals surface area contributed by atoms with Gasteiger partial charge in [-0.2, -0.15) is 0 Å². The van der Waals surface area contributed by atoms with Crippen LogP contribution >= 0.6 is 0 Å². The van der Waals surface area contributed by atoms with Crippen molar-refractivity contribution in [1.82, 2.24) is 0 Å². The van der Waals surface area contributed by atoms with E-state index in [0.29, 0.717) is 6.61 Å². The molecule has 0 saturated heterocycles. The molecule has 0 bridgehead atoms. The Hall–Kier alpha value is -1.05. The number of hydrogen-bond acceptors (Lipinski definition) is 2. The Morgan fingerprint density at radius 2 is 2.15 bits per heavy atom. The fourth-order valence-corrected chi connectivity index (χ4v) is 1.46. The van der Waals surface area contributed by atoms with Crippen molar-refractivity contribution in [3.8, 4) is 0 Å². The lowest BCUT2D eigenvalue weighted by molar-refractivity contribution is 0.310. The summed E-state index contributed by atoms with van der Waals surface area (Å²) in [5.74, 6) is 1.11. The minimum Gasteiger partial charge on any atom is -0.481 e. The van der Waals surface area contributed by atoms with E-state index in [4.69, 9.17) is 4.74 Å². The number of ether oxygens (including phenoxy) is 1. The second kappa shape index (κ2) is 4.26. The first kappa shape index (κ1) is 10.0. The lowest BCUT2D eigenvalue weighted by Gasteiger charge is -2.10. The summed E-state index contributed by atoms with van der Waals surface area (Å²) in [4.78, 5) is 4.40. The van der Waals surface area contributed by atoms with E-state index in [9.17, 15) is 0 Å². The van der Waals surface area contributed by atoms with Crippen LogP contribution in [-0.2, 0) is 4.74 Å². The molecule has 0 aliphatic carbocycles. The Labute approximate surface area is 80.0 Å². The van der Waals surface area contributed by atoms with Crippen LogP contribution in [0, 0.1) is 5.92 Å². The molecule has 0 fully saturated rings. The highest BCUT2D eigenvalue weighted by molar-refractivity contribution is 5.82. The first-order chi connectivity index (χ1) is 6.13. The SMILES string of the molecule is CCOC1=NC(C)=CC(C)=C[C@H]1C. The molecule has 0 aromatic heterocycles. The van der Waals surface area contributed by atoms with Crippen LogP contribution in [0.4, 0.5) is 0 Å². The number of rotatable bonds is 1. The predicted molar refractivity (Wildman–Crippen MR) is 55.7 cm³/mol. The van der Waals surface area contributed by atoms with E-state index in [-0.39, 0.29) is 5.92 Å². The molecule has 13 heavy (non-hydrogen) atoms. The molecule has 2 nitrogen and oxygen atoms in total. The summed E-state index contributed by atoms with van der Waals surface area (Å²) in [6.45, 7) is 8.85. The third-order valence-corrected chi connectivity index (χ3v) is 1.92. The van der Waals surface area contributed by atoms with Gasteiger partial charge in [0.2, 0.25) is 0 Å². The zero-order chi connectivity index (χ0) is 9.84. The van der Waals surface area contributed by atoms with Crippen molar-refractivity contribution in [2.24, 2.45) is 10.9 Å². The zero-order valence-electron chi connectivity index (χ0n) is 8.79. The molecule has 0 unspecified atom stereocenters. The molecule has 0 saturated carbocycles. The molecule has 0 aromatic carbocycles. The molecule has 72 valence electrons. The summed E-state index contributed by atoms with van der Waals surface area (Å²) in [6.07, 6.45) is 4.24. The minimum absolute atomic E-state index is 0.286. The van der Waals surface area contributed by atoms with E-state index in [1.165, 1.54) is 5.57 Å². The van der Waals surface area contributed by atoms with Gasteiger partial charge in [0, 0.05) is 5.70 Å². The van der Waals surface area contributed by atoms with Crippen LogP contribution in [0.25, 0.3) is 0 Å². The van der Waals surface area contributed by atoms with E-state index in [0.717, 1.165) is 11.6 Å². The number of allylic oxidation sites excluding steroid dienone is 3. The standard InChI is InChI=1S/C11H17NO/c1-5-13-11-9(3)6-8(2)7-10(4)12-11/h6-7,9H,5H2,1-4H3/t9-/m1/s1. The van der Waals surface area contributed by atoms with Crippen LogP contribution in [0.1, 0.15) is 27.7 Å². The molecule has 0 spiro atoms. The van der Waals surface area contributed by atoms with Crippen molar-refractivity contribution < 1.29 is 4.74 Å². The van der Waals surface area contributed by atoms with Crippen molar-refractivity contribution >= 4 is 5.90 Å². The Bertz CT molecular complexity index is 274. The maximum absolute atomic E-state index is 5.46. The van der Waals surface area contributed by atoms with Crippen molar-refractivity contribution in [3.05, 3.63) is 23.4 Å². The van der Waals surface area contributed by atoms with E-state index in [1.54, 1.807) is 0 Å². The van der Waals surface area contributed by atoms with Gasteiger partial charge in [0.05, 0.1) is 12.5 Å². The maximum Gasteiger partial charge on any atom is 0.194 e. The smallest absolute Gasteiger partial charge is 0.194 e. The molecule has 0 N–H and O–H groups in total. The van der Waals surface area contributed by atoms with Gasteiger partial charge in [-0.25, -0.2) is 4.99 Å². The second-order valence-corrected chi connectivity index (χ2v) is 3.37. The maximum atomic E-state index is 5.46. The monoisotopic (exact) mass is 179 g/mol. The normalized spacial score (nSPS) is 22.8. The van der Waals surface area contributed by atoms with Crippen LogP contribution in [0.2, 0.25) is 0 Å². The summed E-state index contributed by atoms with van der Waals surface area (Å²) < 4.78 is 5.46. The Morgan fingerprint density at radius 3 is 2.77 bits per heavy atom.